The van der Waals surface area contributed by atoms with Crippen LogP contribution in [0.2, 0.25) is 0 Å². The van der Waals surface area contributed by atoms with E-state index in [1.807, 2.05) is 4.90 Å². The summed E-state index contributed by atoms with van der Waals surface area (Å²) < 4.78 is 0. The molecule has 0 saturated carbocycles. The highest BCUT2D eigenvalue weighted by molar-refractivity contribution is 5.85. The predicted octanol–water partition coefficient (Wildman–Crippen LogP) is 0.217. The molecule has 0 aromatic carbocycles. The maximum Gasteiger partial charge on any atom is 0.317 e. The second-order valence-corrected chi connectivity index (χ2v) is 3.07. The van der Waals surface area contributed by atoms with E-state index in [1.165, 1.54) is 0 Å². The standard InChI is InChI=1S/C7H13N3O.2ClH/c11-7-9-2-1-6-5-8-3-4-10(6)7;;/h6,8H,1-5H2,(H,9,11);2*1H. The van der Waals surface area contributed by atoms with Gasteiger partial charge in [0.2, 0.25) is 0 Å². The molecule has 2 N–H and O–H groups in total. The van der Waals surface area contributed by atoms with Crippen molar-refractivity contribution < 1.29 is 4.79 Å². The first-order valence-electron chi connectivity index (χ1n) is 4.13. The van der Waals surface area contributed by atoms with Gasteiger partial charge in [0, 0.05) is 32.2 Å². The third-order valence-corrected chi connectivity index (χ3v) is 2.36. The van der Waals surface area contributed by atoms with E-state index in [-0.39, 0.29) is 30.8 Å². The number of hydrogen-bond donors (Lipinski definition) is 2. The summed E-state index contributed by atoms with van der Waals surface area (Å²) in [6.45, 7) is 3.59. The van der Waals surface area contributed by atoms with Crippen LogP contribution < -0.4 is 10.6 Å². The monoisotopic (exact) mass is 227 g/mol. The molecule has 2 rings (SSSR count). The summed E-state index contributed by atoms with van der Waals surface area (Å²) >= 11 is 0. The number of hydrogen-bond acceptors (Lipinski definition) is 2. The molecule has 1 unspecified atom stereocenters. The number of amides is 2. The Kier molecular flexibility index (Phi) is 5.44. The molecule has 13 heavy (non-hydrogen) atoms. The van der Waals surface area contributed by atoms with Crippen LogP contribution in [0, 0.1) is 0 Å². The van der Waals surface area contributed by atoms with Crippen molar-refractivity contribution in [2.45, 2.75) is 12.5 Å². The van der Waals surface area contributed by atoms with E-state index in [0.717, 1.165) is 32.6 Å². The lowest BCUT2D eigenvalue weighted by atomic mass is 10.1. The molecule has 0 spiro atoms. The number of nitrogens with zero attached hydrogens (tertiary/aromatic N) is 1. The fourth-order valence-electron chi connectivity index (χ4n) is 1.73. The lowest BCUT2D eigenvalue weighted by molar-refractivity contribution is 0.137. The molecule has 2 amide bonds. The fraction of sp³-hybridized carbons (Fsp3) is 0.857. The SMILES string of the molecule is Cl.Cl.O=C1NCCC2CNCCN12. The molecule has 0 aliphatic carbocycles. The largest absolute Gasteiger partial charge is 0.338 e. The molecule has 2 heterocycles. The first kappa shape index (κ1) is 12.8. The molecule has 0 aromatic heterocycles. The highest BCUT2D eigenvalue weighted by Crippen LogP contribution is 2.10. The number of halogens is 2. The zero-order valence-electron chi connectivity index (χ0n) is 7.28. The molecule has 1 atom stereocenters. The van der Waals surface area contributed by atoms with E-state index >= 15 is 0 Å². The number of fused-ring (bicyclic) bond motifs is 1. The van der Waals surface area contributed by atoms with Crippen LogP contribution in [0.15, 0.2) is 0 Å². The van der Waals surface area contributed by atoms with Crippen molar-refractivity contribution in [3.63, 3.8) is 0 Å². The van der Waals surface area contributed by atoms with Crippen molar-refractivity contribution in [2.24, 2.45) is 0 Å². The quantitative estimate of drug-likeness (QED) is 0.622. The Morgan fingerprint density at radius 2 is 2.08 bits per heavy atom. The van der Waals surface area contributed by atoms with Crippen LogP contribution in [-0.4, -0.2) is 43.2 Å². The first-order valence-corrected chi connectivity index (χ1v) is 4.13. The van der Waals surface area contributed by atoms with Gasteiger partial charge in [-0.2, -0.15) is 0 Å². The number of nitrogens with one attached hydrogen (secondary N) is 2. The summed E-state index contributed by atoms with van der Waals surface area (Å²) in [6.07, 6.45) is 1.08. The molecule has 0 radical (unpaired) electrons. The van der Waals surface area contributed by atoms with Gasteiger partial charge in [-0.3, -0.25) is 0 Å². The van der Waals surface area contributed by atoms with E-state index in [9.17, 15) is 4.79 Å². The number of piperazine rings is 1. The van der Waals surface area contributed by atoms with E-state index in [0.29, 0.717) is 6.04 Å². The summed E-state index contributed by atoms with van der Waals surface area (Å²) in [5.74, 6) is 0. The van der Waals surface area contributed by atoms with Gasteiger partial charge in [-0.25, -0.2) is 4.79 Å². The number of urea groups is 1. The average molecular weight is 228 g/mol. The minimum Gasteiger partial charge on any atom is -0.338 e. The van der Waals surface area contributed by atoms with E-state index in [2.05, 4.69) is 10.6 Å². The van der Waals surface area contributed by atoms with Crippen LogP contribution in [0.4, 0.5) is 4.79 Å². The Balaban J connectivity index is 0.000000720. The van der Waals surface area contributed by atoms with Gasteiger partial charge in [-0.05, 0) is 6.42 Å². The maximum atomic E-state index is 11.2. The highest BCUT2D eigenvalue weighted by Gasteiger charge is 2.29. The van der Waals surface area contributed by atoms with Crippen molar-refractivity contribution in [1.29, 1.82) is 0 Å². The second-order valence-electron chi connectivity index (χ2n) is 3.07. The number of carbonyl (C=O) groups is 1. The number of carbonyl (C=O) groups excluding carboxylic acids is 1. The molecular formula is C7H15Cl2N3O. The molecule has 2 saturated heterocycles. The second kappa shape index (κ2) is 5.52. The van der Waals surface area contributed by atoms with Crippen molar-refractivity contribution in [1.82, 2.24) is 15.5 Å². The van der Waals surface area contributed by atoms with E-state index < -0.39 is 0 Å². The van der Waals surface area contributed by atoms with Gasteiger partial charge in [0.1, 0.15) is 0 Å². The molecular weight excluding hydrogens is 213 g/mol. The minimum atomic E-state index is 0. The topological polar surface area (TPSA) is 44.4 Å². The highest BCUT2D eigenvalue weighted by atomic mass is 35.5. The lowest BCUT2D eigenvalue weighted by Gasteiger charge is -2.39. The van der Waals surface area contributed by atoms with E-state index in [1.54, 1.807) is 0 Å². The fourth-order valence-corrected chi connectivity index (χ4v) is 1.73. The van der Waals surface area contributed by atoms with E-state index in [4.69, 9.17) is 0 Å². The van der Waals surface area contributed by atoms with Gasteiger partial charge in [-0.15, -0.1) is 24.8 Å². The van der Waals surface area contributed by atoms with Crippen LogP contribution in [0.1, 0.15) is 6.42 Å². The third-order valence-electron chi connectivity index (χ3n) is 2.36. The van der Waals surface area contributed by atoms with Crippen molar-refractivity contribution in [2.75, 3.05) is 26.2 Å². The zero-order valence-corrected chi connectivity index (χ0v) is 8.92. The molecule has 0 bridgehead atoms. The van der Waals surface area contributed by atoms with Gasteiger partial charge >= 0.3 is 6.03 Å². The van der Waals surface area contributed by atoms with Crippen molar-refractivity contribution in [3.05, 3.63) is 0 Å². The van der Waals surface area contributed by atoms with Crippen LogP contribution >= 0.6 is 24.8 Å². The Labute approximate surface area is 90.2 Å². The Morgan fingerprint density at radius 3 is 2.77 bits per heavy atom. The predicted molar refractivity (Wildman–Crippen MR) is 55.9 cm³/mol. The Hall–Kier alpha value is -0.190. The molecule has 6 heteroatoms. The van der Waals surface area contributed by atoms with Crippen LogP contribution in [-0.2, 0) is 0 Å². The maximum absolute atomic E-state index is 11.2. The smallest absolute Gasteiger partial charge is 0.317 e. The molecule has 2 aliphatic rings. The minimum absolute atomic E-state index is 0. The normalized spacial score (nSPS) is 26.3. The van der Waals surface area contributed by atoms with Gasteiger partial charge in [0.25, 0.3) is 0 Å². The van der Waals surface area contributed by atoms with Crippen LogP contribution in [0.3, 0.4) is 0 Å². The summed E-state index contributed by atoms with van der Waals surface area (Å²) in [5, 5.41) is 6.12. The summed E-state index contributed by atoms with van der Waals surface area (Å²) in [6, 6.07) is 0.556. The van der Waals surface area contributed by atoms with Gasteiger partial charge in [0.05, 0.1) is 0 Å². The summed E-state index contributed by atoms with van der Waals surface area (Å²) in [5.41, 5.74) is 0. The summed E-state index contributed by atoms with van der Waals surface area (Å²) in [7, 11) is 0. The van der Waals surface area contributed by atoms with Gasteiger partial charge in [-0.1, -0.05) is 0 Å². The van der Waals surface area contributed by atoms with Gasteiger partial charge < -0.3 is 15.5 Å². The average Bonchev–Trinajstić information content (AvgIpc) is 2.06. The third kappa shape index (κ3) is 2.62. The molecule has 2 fully saturated rings. The zero-order chi connectivity index (χ0) is 7.68. The molecule has 78 valence electrons. The molecule has 2 aliphatic heterocycles. The van der Waals surface area contributed by atoms with Crippen LogP contribution in [0.25, 0.3) is 0 Å². The Morgan fingerprint density at radius 1 is 1.31 bits per heavy atom. The molecule has 0 aromatic rings. The number of rotatable bonds is 0. The Bertz CT molecular complexity index is 177. The summed E-state index contributed by atoms with van der Waals surface area (Å²) in [4.78, 5) is 13.1. The lowest BCUT2D eigenvalue weighted by Crippen LogP contribution is -2.60. The van der Waals surface area contributed by atoms with Crippen molar-refractivity contribution in [3.8, 4) is 0 Å². The molecule has 4 nitrogen and oxygen atoms in total. The van der Waals surface area contributed by atoms with Crippen LogP contribution in [0.5, 0.6) is 0 Å². The van der Waals surface area contributed by atoms with Gasteiger partial charge in [0.15, 0.2) is 0 Å². The van der Waals surface area contributed by atoms with Crippen molar-refractivity contribution >= 4 is 30.8 Å². The first-order chi connectivity index (χ1) is 5.38.